The lowest BCUT2D eigenvalue weighted by Crippen LogP contribution is -2.45. The van der Waals surface area contributed by atoms with Crippen LogP contribution in [0.4, 0.5) is 0 Å². The normalized spacial score (nSPS) is 16.2. The van der Waals surface area contributed by atoms with E-state index in [1.807, 2.05) is 12.1 Å². The molecule has 1 saturated heterocycles. The summed E-state index contributed by atoms with van der Waals surface area (Å²) in [6.45, 7) is 3.99. The lowest BCUT2D eigenvalue weighted by Gasteiger charge is -2.34. The molecule has 0 amide bonds. The highest BCUT2D eigenvalue weighted by atomic mass is 35.5. The van der Waals surface area contributed by atoms with Gasteiger partial charge in [0, 0.05) is 32.2 Å². The second kappa shape index (κ2) is 9.84. The molecule has 6 heteroatoms. The molecule has 2 rings (SSSR count). The Labute approximate surface area is 132 Å². The maximum Gasteiger partial charge on any atom is 0.118 e. The number of rotatable bonds is 4. The number of hydrogen-bond donors (Lipinski definition) is 1. The number of hydrogen-bond acceptors (Lipinski definition) is 4. The Morgan fingerprint density at radius 1 is 1.25 bits per heavy atom. The summed E-state index contributed by atoms with van der Waals surface area (Å²) >= 11 is 0. The van der Waals surface area contributed by atoms with Crippen LogP contribution in [0, 0.1) is 11.3 Å². The van der Waals surface area contributed by atoms with Crippen LogP contribution in [0.25, 0.3) is 0 Å². The molecule has 0 saturated carbocycles. The van der Waals surface area contributed by atoms with Crippen LogP contribution in [-0.4, -0.2) is 38.2 Å². The lowest BCUT2D eigenvalue weighted by atomic mass is 10.0. The molecule has 1 heterocycles. The maximum atomic E-state index is 9.01. The second-order valence-corrected chi connectivity index (χ2v) is 4.44. The Bertz CT molecular complexity index is 413. The molecule has 0 radical (unpaired) electrons. The minimum Gasteiger partial charge on any atom is -0.497 e. The SMILES string of the molecule is COc1ccc([C@@H](CC#N)N2CCNCC2)cc1.Cl.Cl. The highest BCUT2D eigenvalue weighted by Gasteiger charge is 2.21. The largest absolute Gasteiger partial charge is 0.497 e. The molecule has 1 aliphatic rings. The number of methoxy groups -OCH3 is 1. The summed E-state index contributed by atoms with van der Waals surface area (Å²) in [4.78, 5) is 2.38. The number of nitrogens with zero attached hydrogens (tertiary/aromatic N) is 2. The zero-order valence-electron chi connectivity index (χ0n) is 11.5. The Morgan fingerprint density at radius 2 is 1.85 bits per heavy atom. The third kappa shape index (κ3) is 4.84. The van der Waals surface area contributed by atoms with Crippen LogP contribution in [0.3, 0.4) is 0 Å². The van der Waals surface area contributed by atoms with Gasteiger partial charge in [-0.25, -0.2) is 0 Å². The molecule has 0 aliphatic carbocycles. The van der Waals surface area contributed by atoms with Gasteiger partial charge in [-0.05, 0) is 17.7 Å². The van der Waals surface area contributed by atoms with Gasteiger partial charge in [-0.3, -0.25) is 4.90 Å². The molecule has 1 aromatic rings. The van der Waals surface area contributed by atoms with Gasteiger partial charge in [0.15, 0.2) is 0 Å². The van der Waals surface area contributed by atoms with E-state index in [1.54, 1.807) is 7.11 Å². The zero-order valence-corrected chi connectivity index (χ0v) is 13.2. The van der Waals surface area contributed by atoms with E-state index in [1.165, 1.54) is 5.56 Å². The highest BCUT2D eigenvalue weighted by molar-refractivity contribution is 5.85. The smallest absolute Gasteiger partial charge is 0.118 e. The highest BCUT2D eigenvalue weighted by Crippen LogP contribution is 2.26. The second-order valence-electron chi connectivity index (χ2n) is 4.44. The fourth-order valence-corrected chi connectivity index (χ4v) is 2.36. The molecule has 0 unspecified atom stereocenters. The maximum absolute atomic E-state index is 9.01. The van der Waals surface area contributed by atoms with Crippen LogP contribution >= 0.6 is 24.8 Å². The molecule has 0 aromatic heterocycles. The quantitative estimate of drug-likeness (QED) is 0.926. The number of halogens is 2. The molecule has 1 N–H and O–H groups in total. The minimum atomic E-state index is 0. The topological polar surface area (TPSA) is 48.3 Å². The fraction of sp³-hybridized carbons (Fsp3) is 0.500. The molecular formula is C14H21Cl2N3O. The molecule has 112 valence electrons. The van der Waals surface area contributed by atoms with E-state index in [9.17, 15) is 0 Å². The summed E-state index contributed by atoms with van der Waals surface area (Å²) in [6, 6.07) is 10.5. The average Bonchev–Trinajstić information content (AvgIpc) is 2.46. The predicted octanol–water partition coefficient (Wildman–Crippen LogP) is 2.40. The first-order valence-corrected chi connectivity index (χ1v) is 6.31. The number of piperazine rings is 1. The van der Waals surface area contributed by atoms with Crippen LogP contribution in [0.2, 0.25) is 0 Å². The number of nitrogens with one attached hydrogen (secondary N) is 1. The van der Waals surface area contributed by atoms with Crippen molar-refractivity contribution in [1.29, 1.82) is 5.26 Å². The molecule has 4 nitrogen and oxygen atoms in total. The Morgan fingerprint density at radius 3 is 2.35 bits per heavy atom. The third-order valence-corrected chi connectivity index (χ3v) is 3.38. The van der Waals surface area contributed by atoms with Gasteiger partial charge in [0.2, 0.25) is 0 Å². The van der Waals surface area contributed by atoms with Crippen LogP contribution in [0.5, 0.6) is 5.75 Å². The number of ether oxygens (including phenoxy) is 1. The molecule has 1 aliphatic heterocycles. The van der Waals surface area contributed by atoms with Crippen molar-refractivity contribution in [3.8, 4) is 11.8 Å². The van der Waals surface area contributed by atoms with Crippen LogP contribution in [0.1, 0.15) is 18.0 Å². The van der Waals surface area contributed by atoms with Gasteiger partial charge in [-0.2, -0.15) is 5.26 Å². The minimum absolute atomic E-state index is 0. The van der Waals surface area contributed by atoms with E-state index in [2.05, 4.69) is 28.4 Å². The average molecular weight is 318 g/mol. The van der Waals surface area contributed by atoms with Crippen molar-refractivity contribution in [2.75, 3.05) is 33.3 Å². The number of nitriles is 1. The van der Waals surface area contributed by atoms with E-state index in [4.69, 9.17) is 10.00 Å². The fourth-order valence-electron chi connectivity index (χ4n) is 2.36. The molecule has 20 heavy (non-hydrogen) atoms. The lowest BCUT2D eigenvalue weighted by molar-refractivity contribution is 0.175. The van der Waals surface area contributed by atoms with Crippen molar-refractivity contribution in [3.05, 3.63) is 29.8 Å². The van der Waals surface area contributed by atoms with Crippen molar-refractivity contribution in [2.24, 2.45) is 0 Å². The van der Waals surface area contributed by atoms with Gasteiger partial charge in [0.1, 0.15) is 5.75 Å². The summed E-state index contributed by atoms with van der Waals surface area (Å²) in [5.74, 6) is 0.856. The van der Waals surface area contributed by atoms with Crippen LogP contribution in [-0.2, 0) is 0 Å². The summed E-state index contributed by atoms with van der Waals surface area (Å²) < 4.78 is 5.17. The van der Waals surface area contributed by atoms with Gasteiger partial charge in [0.25, 0.3) is 0 Å². The first-order chi connectivity index (χ1) is 8.85. The number of benzene rings is 1. The van der Waals surface area contributed by atoms with Crippen molar-refractivity contribution in [2.45, 2.75) is 12.5 Å². The summed E-state index contributed by atoms with van der Waals surface area (Å²) in [7, 11) is 1.66. The van der Waals surface area contributed by atoms with Gasteiger partial charge < -0.3 is 10.1 Å². The van der Waals surface area contributed by atoms with Gasteiger partial charge in [-0.15, -0.1) is 24.8 Å². The molecule has 1 aromatic carbocycles. The van der Waals surface area contributed by atoms with E-state index < -0.39 is 0 Å². The van der Waals surface area contributed by atoms with Crippen molar-refractivity contribution in [3.63, 3.8) is 0 Å². The van der Waals surface area contributed by atoms with Crippen LogP contribution in [0.15, 0.2) is 24.3 Å². The molecule has 1 atom stereocenters. The summed E-state index contributed by atoms with van der Waals surface area (Å²) in [5, 5.41) is 12.3. The van der Waals surface area contributed by atoms with Crippen molar-refractivity contribution < 1.29 is 4.74 Å². The Kier molecular flexibility index (Phi) is 9.35. The van der Waals surface area contributed by atoms with E-state index in [0.29, 0.717) is 6.42 Å². The Balaban J connectivity index is 0.00000180. The van der Waals surface area contributed by atoms with E-state index >= 15 is 0 Å². The monoisotopic (exact) mass is 317 g/mol. The van der Waals surface area contributed by atoms with Crippen molar-refractivity contribution in [1.82, 2.24) is 10.2 Å². The molecule has 0 bridgehead atoms. The molecule has 1 fully saturated rings. The van der Waals surface area contributed by atoms with Gasteiger partial charge in [0.05, 0.1) is 19.6 Å². The first kappa shape index (κ1) is 19.0. The van der Waals surface area contributed by atoms with Crippen LogP contribution < -0.4 is 10.1 Å². The van der Waals surface area contributed by atoms with Gasteiger partial charge in [-0.1, -0.05) is 12.1 Å². The standard InChI is InChI=1S/C14H19N3O.2ClH/c1-18-13-4-2-12(3-5-13)14(6-7-15)17-10-8-16-9-11-17;;/h2-5,14,16H,6,8-11H2,1H3;2*1H/t14-;;/m1../s1. The summed E-state index contributed by atoms with van der Waals surface area (Å²) in [5.41, 5.74) is 1.19. The first-order valence-electron chi connectivity index (χ1n) is 6.31. The molecule has 0 spiro atoms. The Hall–Kier alpha value is -0.990. The summed E-state index contributed by atoms with van der Waals surface area (Å²) in [6.07, 6.45) is 0.534. The van der Waals surface area contributed by atoms with Crippen molar-refractivity contribution >= 4 is 24.8 Å². The van der Waals surface area contributed by atoms with E-state index in [-0.39, 0.29) is 30.9 Å². The van der Waals surface area contributed by atoms with Gasteiger partial charge >= 0.3 is 0 Å². The third-order valence-electron chi connectivity index (χ3n) is 3.38. The molecular weight excluding hydrogens is 297 g/mol. The predicted molar refractivity (Wildman–Crippen MR) is 84.9 cm³/mol. The zero-order chi connectivity index (χ0) is 12.8. The van der Waals surface area contributed by atoms with E-state index in [0.717, 1.165) is 31.9 Å².